The highest BCUT2D eigenvalue weighted by molar-refractivity contribution is 7.89. The largest absolute Gasteiger partial charge is 0.490 e. The van der Waals surface area contributed by atoms with Crippen molar-refractivity contribution in [3.8, 4) is 0 Å². The lowest BCUT2D eigenvalue weighted by molar-refractivity contribution is -0.192. The molecule has 0 bridgehead atoms. The fourth-order valence-corrected chi connectivity index (χ4v) is 4.15. The van der Waals surface area contributed by atoms with E-state index in [1.807, 2.05) is 19.0 Å². The molecule has 2 N–H and O–H groups in total. The first-order chi connectivity index (χ1) is 13.3. The van der Waals surface area contributed by atoms with E-state index >= 15 is 0 Å². The number of alkyl halides is 3. The highest BCUT2D eigenvalue weighted by Crippen LogP contribution is 2.30. The highest BCUT2D eigenvalue weighted by atomic mass is 32.2. The molecule has 2 rings (SSSR count). The predicted molar refractivity (Wildman–Crippen MR) is 97.9 cm³/mol. The van der Waals surface area contributed by atoms with Gasteiger partial charge in [-0.05, 0) is 38.2 Å². The molecule has 8 nitrogen and oxygen atoms in total. The third-order valence-electron chi connectivity index (χ3n) is 4.11. The first kappa shape index (κ1) is 24.9. The fraction of sp³-hybridized carbons (Fsp3) is 0.529. The van der Waals surface area contributed by atoms with Crippen LogP contribution in [0.3, 0.4) is 0 Å². The van der Waals surface area contributed by atoms with Crippen molar-refractivity contribution in [1.29, 1.82) is 0 Å². The molecule has 0 spiro atoms. The summed E-state index contributed by atoms with van der Waals surface area (Å²) in [4.78, 5) is 22.3. The number of rotatable bonds is 6. The number of halogens is 3. The summed E-state index contributed by atoms with van der Waals surface area (Å²) in [6.07, 6.45) is -4.55. The second kappa shape index (κ2) is 10.0. The standard InChI is InChI=1S/C15H22N2O4S.C2HF3O2/c1-16(2)8-5-9-22(20,21)17-10-12-6-3-4-7-13(12)14(11-17)15(18)19;3-2(4,5)1(6)7/h3-4,6-7,14H,5,8-11H2,1-2H3,(H,18,19);(H,6,7). The van der Waals surface area contributed by atoms with E-state index < -0.39 is 34.1 Å². The number of aliphatic carboxylic acids is 2. The Balaban J connectivity index is 0.000000516. The predicted octanol–water partition coefficient (Wildman–Crippen LogP) is 1.59. The van der Waals surface area contributed by atoms with E-state index in [4.69, 9.17) is 9.90 Å². The SMILES string of the molecule is CN(C)CCCS(=O)(=O)N1Cc2ccccc2C(C(=O)O)C1.O=C(O)C(F)(F)F. The summed E-state index contributed by atoms with van der Waals surface area (Å²) in [5.74, 6) is -4.50. The van der Waals surface area contributed by atoms with Gasteiger partial charge in [0, 0.05) is 13.1 Å². The maximum atomic E-state index is 12.5. The summed E-state index contributed by atoms with van der Waals surface area (Å²) in [7, 11) is 0.341. The maximum absolute atomic E-state index is 12.5. The lowest BCUT2D eigenvalue weighted by Crippen LogP contribution is -2.41. The Morgan fingerprint density at radius 2 is 1.76 bits per heavy atom. The molecule has 12 heteroatoms. The summed E-state index contributed by atoms with van der Waals surface area (Å²) in [5.41, 5.74) is 1.49. The van der Waals surface area contributed by atoms with Gasteiger partial charge in [0.25, 0.3) is 0 Å². The molecular formula is C17H23F3N2O6S. The van der Waals surface area contributed by atoms with E-state index in [2.05, 4.69) is 0 Å². The molecule has 164 valence electrons. The molecule has 1 heterocycles. The number of fused-ring (bicyclic) bond motifs is 1. The second-order valence-corrected chi connectivity index (χ2v) is 8.75. The van der Waals surface area contributed by atoms with Crippen LogP contribution in [0.15, 0.2) is 24.3 Å². The van der Waals surface area contributed by atoms with E-state index in [1.165, 1.54) is 4.31 Å². The van der Waals surface area contributed by atoms with E-state index in [0.29, 0.717) is 13.0 Å². The average molecular weight is 440 g/mol. The Labute approximate surface area is 166 Å². The summed E-state index contributed by atoms with van der Waals surface area (Å²) >= 11 is 0. The molecule has 29 heavy (non-hydrogen) atoms. The minimum absolute atomic E-state index is 0.0106. The number of nitrogens with zero attached hydrogens (tertiary/aromatic N) is 2. The normalized spacial score (nSPS) is 17.2. The Bertz CT molecular complexity index is 827. The van der Waals surface area contributed by atoms with E-state index in [1.54, 1.807) is 24.3 Å². The zero-order valence-corrected chi connectivity index (χ0v) is 16.7. The highest BCUT2D eigenvalue weighted by Gasteiger charge is 2.38. The molecule has 0 aliphatic carbocycles. The molecule has 1 atom stereocenters. The molecule has 0 saturated carbocycles. The molecule has 1 unspecified atom stereocenters. The Hall–Kier alpha value is -2.18. The third kappa shape index (κ3) is 7.63. The molecule has 0 fully saturated rings. The van der Waals surface area contributed by atoms with Crippen LogP contribution in [-0.2, 0) is 26.2 Å². The van der Waals surface area contributed by atoms with Gasteiger partial charge in [-0.1, -0.05) is 24.3 Å². The van der Waals surface area contributed by atoms with Crippen LogP contribution in [-0.4, -0.2) is 78.9 Å². The van der Waals surface area contributed by atoms with Gasteiger partial charge in [-0.15, -0.1) is 0 Å². The van der Waals surface area contributed by atoms with Crippen LogP contribution in [0.2, 0.25) is 0 Å². The topological polar surface area (TPSA) is 115 Å². The molecule has 1 aliphatic heterocycles. The van der Waals surface area contributed by atoms with Crippen molar-refractivity contribution in [3.63, 3.8) is 0 Å². The van der Waals surface area contributed by atoms with Crippen molar-refractivity contribution >= 4 is 22.0 Å². The minimum atomic E-state index is -5.08. The molecule has 0 amide bonds. The number of hydrogen-bond acceptors (Lipinski definition) is 5. The molecule has 1 aliphatic rings. The summed E-state index contributed by atoms with van der Waals surface area (Å²) in [5, 5.41) is 16.5. The fourth-order valence-electron chi connectivity index (χ4n) is 2.69. The lowest BCUT2D eigenvalue weighted by atomic mass is 9.91. The van der Waals surface area contributed by atoms with Crippen LogP contribution < -0.4 is 0 Å². The van der Waals surface area contributed by atoms with Gasteiger partial charge in [0.05, 0.1) is 11.7 Å². The number of hydrogen-bond donors (Lipinski definition) is 2. The first-order valence-corrected chi connectivity index (χ1v) is 10.1. The molecule has 1 aromatic rings. The molecular weight excluding hydrogens is 417 g/mol. The quantitative estimate of drug-likeness (QED) is 0.690. The van der Waals surface area contributed by atoms with E-state index in [9.17, 15) is 31.5 Å². The number of carbonyl (C=O) groups is 2. The second-order valence-electron chi connectivity index (χ2n) is 6.66. The van der Waals surface area contributed by atoms with E-state index in [0.717, 1.165) is 11.1 Å². The van der Waals surface area contributed by atoms with Gasteiger partial charge in [-0.25, -0.2) is 13.2 Å². The van der Waals surface area contributed by atoms with Gasteiger partial charge < -0.3 is 15.1 Å². The maximum Gasteiger partial charge on any atom is 0.490 e. The van der Waals surface area contributed by atoms with Crippen LogP contribution in [0.1, 0.15) is 23.5 Å². The van der Waals surface area contributed by atoms with Gasteiger partial charge >= 0.3 is 18.1 Å². The molecule has 1 aromatic carbocycles. The molecule has 0 radical (unpaired) electrons. The monoisotopic (exact) mass is 440 g/mol. The van der Waals surface area contributed by atoms with E-state index in [-0.39, 0.29) is 18.8 Å². The van der Waals surface area contributed by atoms with Crippen molar-refractivity contribution in [2.75, 3.05) is 32.9 Å². The first-order valence-electron chi connectivity index (χ1n) is 8.49. The van der Waals surface area contributed by atoms with Crippen LogP contribution in [0.4, 0.5) is 13.2 Å². The van der Waals surface area contributed by atoms with Crippen molar-refractivity contribution in [2.45, 2.75) is 25.1 Å². The zero-order chi connectivity index (χ0) is 22.4. The summed E-state index contributed by atoms with van der Waals surface area (Å²) in [6, 6.07) is 7.16. The Morgan fingerprint density at radius 1 is 1.21 bits per heavy atom. The summed E-state index contributed by atoms with van der Waals surface area (Å²) < 4.78 is 58.0. The minimum Gasteiger partial charge on any atom is -0.481 e. The Morgan fingerprint density at radius 3 is 2.24 bits per heavy atom. The zero-order valence-electron chi connectivity index (χ0n) is 15.9. The number of benzene rings is 1. The van der Waals surface area contributed by atoms with Crippen LogP contribution in [0.25, 0.3) is 0 Å². The Kier molecular flexibility index (Phi) is 8.60. The number of sulfonamides is 1. The number of carboxylic acids is 2. The van der Waals surface area contributed by atoms with Crippen molar-refractivity contribution in [2.24, 2.45) is 0 Å². The smallest absolute Gasteiger partial charge is 0.481 e. The van der Waals surface area contributed by atoms with Crippen LogP contribution in [0.5, 0.6) is 0 Å². The average Bonchev–Trinajstić information content (AvgIpc) is 2.59. The van der Waals surface area contributed by atoms with Gasteiger partial charge in [-0.3, -0.25) is 4.79 Å². The third-order valence-corrected chi connectivity index (χ3v) is 5.97. The van der Waals surface area contributed by atoms with Gasteiger partial charge in [0.15, 0.2) is 0 Å². The van der Waals surface area contributed by atoms with Crippen LogP contribution >= 0.6 is 0 Å². The van der Waals surface area contributed by atoms with Crippen LogP contribution in [0, 0.1) is 0 Å². The lowest BCUT2D eigenvalue weighted by Gasteiger charge is -2.32. The molecule has 0 saturated heterocycles. The van der Waals surface area contributed by atoms with Gasteiger partial charge in [0.2, 0.25) is 10.0 Å². The van der Waals surface area contributed by atoms with Crippen molar-refractivity contribution in [3.05, 3.63) is 35.4 Å². The molecule has 0 aromatic heterocycles. The van der Waals surface area contributed by atoms with Crippen molar-refractivity contribution in [1.82, 2.24) is 9.21 Å². The number of carboxylic acid groups (broad SMARTS) is 2. The van der Waals surface area contributed by atoms with Gasteiger partial charge in [0.1, 0.15) is 0 Å². The van der Waals surface area contributed by atoms with Crippen molar-refractivity contribution < 1.29 is 41.4 Å². The van der Waals surface area contributed by atoms with Gasteiger partial charge in [-0.2, -0.15) is 17.5 Å². The summed E-state index contributed by atoms with van der Waals surface area (Å²) in [6.45, 7) is 0.951.